The second-order valence-corrected chi connectivity index (χ2v) is 18.1. The van der Waals surface area contributed by atoms with E-state index in [1.807, 2.05) is 24.3 Å². The van der Waals surface area contributed by atoms with Gasteiger partial charge in [-0.1, -0.05) is 206 Å². The first-order valence-electron chi connectivity index (χ1n) is 23.7. The predicted molar refractivity (Wildman–Crippen MR) is 283 cm³/mol. The summed E-state index contributed by atoms with van der Waals surface area (Å²) >= 11 is 0. The fourth-order valence-electron chi connectivity index (χ4n) is 11.0. The molecule has 4 heteroatoms. The molecule has 0 N–H and O–H groups in total. The summed E-state index contributed by atoms with van der Waals surface area (Å²) in [5.41, 5.74) is 18.5. The average molecular weight is 896 g/mol. The van der Waals surface area contributed by atoms with Gasteiger partial charge in [-0.05, 0) is 98.1 Å². The largest absolute Gasteiger partial charge is 0.455 e. The fourth-order valence-corrected chi connectivity index (χ4v) is 11.0. The van der Waals surface area contributed by atoms with Crippen LogP contribution in [0.1, 0.15) is 22.3 Å². The quantitative estimate of drug-likeness (QED) is 0.160. The van der Waals surface area contributed by atoms with Crippen LogP contribution in [0.4, 0.5) is 0 Å². The number of nitrogens with zero attached hydrogens (tertiary/aromatic N) is 1. The number of rotatable bonds is 7. The highest BCUT2D eigenvalue weighted by Gasteiger charge is 2.48. The molecule has 70 heavy (non-hydrogen) atoms. The van der Waals surface area contributed by atoms with Crippen LogP contribution in [0.2, 0.25) is 0 Å². The van der Waals surface area contributed by atoms with E-state index in [9.17, 15) is 0 Å². The standard InChI is InChI=1S/C66H41NO3/c1-4-16-44(17-5-1)57-39-48(42-30-32-43(33-31-42)51-26-15-27-53-52-24-11-13-29-59(52)69-64(51)53)40-58(67-57)47-19-14-18-45(38-47)46-34-36-60-62(41-46)70-65-61(68-60)37-35-56-63(65)54-25-10-12-28-55(54)66(56,49-20-6-2-7-21-49)50-22-8-3-9-23-50/h1-41H. The Morgan fingerprint density at radius 1 is 0.329 bits per heavy atom. The number of para-hydroxylation sites is 2. The highest BCUT2D eigenvalue weighted by Crippen LogP contribution is 2.62. The van der Waals surface area contributed by atoms with E-state index in [0.29, 0.717) is 17.2 Å². The molecule has 12 aromatic rings. The maximum atomic E-state index is 7.08. The summed E-state index contributed by atoms with van der Waals surface area (Å²) in [5, 5.41) is 2.25. The van der Waals surface area contributed by atoms with Crippen molar-refractivity contribution in [1.29, 1.82) is 0 Å². The lowest BCUT2D eigenvalue weighted by atomic mass is 9.68. The van der Waals surface area contributed by atoms with Crippen LogP contribution in [0.3, 0.4) is 0 Å². The van der Waals surface area contributed by atoms with Crippen molar-refractivity contribution in [1.82, 2.24) is 4.98 Å². The van der Waals surface area contributed by atoms with E-state index in [4.69, 9.17) is 18.9 Å². The number of ether oxygens (including phenoxy) is 2. The molecule has 3 heterocycles. The van der Waals surface area contributed by atoms with Gasteiger partial charge in [0, 0.05) is 33.0 Å². The molecule has 2 aromatic heterocycles. The van der Waals surface area contributed by atoms with Crippen LogP contribution in [0.5, 0.6) is 23.0 Å². The first-order chi connectivity index (χ1) is 34.7. The van der Waals surface area contributed by atoms with Crippen LogP contribution < -0.4 is 9.47 Å². The highest BCUT2D eigenvalue weighted by atomic mass is 16.6. The minimum atomic E-state index is -0.546. The number of hydrogen-bond donors (Lipinski definition) is 0. The summed E-state index contributed by atoms with van der Waals surface area (Å²) in [6, 6.07) is 87.7. The molecule has 0 saturated carbocycles. The van der Waals surface area contributed by atoms with Crippen molar-refractivity contribution in [2.75, 3.05) is 0 Å². The normalized spacial score (nSPS) is 12.9. The van der Waals surface area contributed by atoms with E-state index in [0.717, 1.165) is 94.7 Å². The predicted octanol–water partition coefficient (Wildman–Crippen LogP) is 17.6. The Hall–Kier alpha value is -9.25. The van der Waals surface area contributed by atoms with Gasteiger partial charge in [-0.15, -0.1) is 0 Å². The maximum Gasteiger partial charge on any atom is 0.178 e. The molecule has 2 aliphatic rings. The Morgan fingerprint density at radius 2 is 0.914 bits per heavy atom. The molecule has 1 aliphatic heterocycles. The van der Waals surface area contributed by atoms with Gasteiger partial charge < -0.3 is 13.9 Å². The second kappa shape index (κ2) is 15.9. The van der Waals surface area contributed by atoms with Crippen LogP contribution in [0.15, 0.2) is 253 Å². The van der Waals surface area contributed by atoms with Crippen molar-refractivity contribution in [2.24, 2.45) is 0 Å². The van der Waals surface area contributed by atoms with Crippen LogP contribution in [-0.2, 0) is 5.41 Å². The molecule has 4 nitrogen and oxygen atoms in total. The van der Waals surface area contributed by atoms with Gasteiger partial charge in [0.2, 0.25) is 0 Å². The summed E-state index contributed by atoms with van der Waals surface area (Å²) in [6.07, 6.45) is 0. The fraction of sp³-hybridized carbons (Fsp3) is 0.0152. The lowest BCUT2D eigenvalue weighted by Crippen LogP contribution is -2.28. The summed E-state index contributed by atoms with van der Waals surface area (Å²) in [7, 11) is 0. The van der Waals surface area contributed by atoms with E-state index < -0.39 is 5.41 Å². The van der Waals surface area contributed by atoms with Gasteiger partial charge in [0.1, 0.15) is 11.2 Å². The molecule has 10 aromatic carbocycles. The molecular weight excluding hydrogens is 855 g/mol. The van der Waals surface area contributed by atoms with Gasteiger partial charge in [0.25, 0.3) is 0 Å². The number of hydrogen-bond acceptors (Lipinski definition) is 4. The smallest absolute Gasteiger partial charge is 0.178 e. The molecule has 14 rings (SSSR count). The van der Waals surface area contributed by atoms with E-state index in [1.165, 1.54) is 22.3 Å². The third-order valence-corrected chi connectivity index (χ3v) is 14.2. The average Bonchev–Trinajstić information content (AvgIpc) is 3.98. The highest BCUT2D eigenvalue weighted by molar-refractivity contribution is 6.09. The number of fused-ring (bicyclic) bond motifs is 9. The topological polar surface area (TPSA) is 44.5 Å². The Kier molecular flexibility index (Phi) is 9.08. The van der Waals surface area contributed by atoms with Gasteiger partial charge in [-0.3, -0.25) is 0 Å². The third kappa shape index (κ3) is 6.27. The molecule has 0 bridgehead atoms. The Balaban J connectivity index is 0.832. The zero-order valence-electron chi connectivity index (χ0n) is 37.8. The third-order valence-electron chi connectivity index (χ3n) is 14.2. The van der Waals surface area contributed by atoms with Crippen LogP contribution >= 0.6 is 0 Å². The number of furan rings is 1. The molecule has 0 saturated heterocycles. The van der Waals surface area contributed by atoms with E-state index in [1.54, 1.807) is 0 Å². The Morgan fingerprint density at radius 3 is 1.71 bits per heavy atom. The second-order valence-electron chi connectivity index (χ2n) is 18.1. The van der Waals surface area contributed by atoms with Gasteiger partial charge in [-0.25, -0.2) is 4.98 Å². The molecule has 1 aliphatic carbocycles. The number of pyridine rings is 1. The summed E-state index contributed by atoms with van der Waals surface area (Å²) in [5.74, 6) is 2.78. The van der Waals surface area contributed by atoms with E-state index >= 15 is 0 Å². The summed E-state index contributed by atoms with van der Waals surface area (Å²) in [4.78, 5) is 5.30. The lowest BCUT2D eigenvalue weighted by Gasteiger charge is -2.34. The molecule has 0 unspecified atom stereocenters. The van der Waals surface area contributed by atoms with Gasteiger partial charge in [0.05, 0.1) is 16.8 Å². The van der Waals surface area contributed by atoms with Gasteiger partial charge >= 0.3 is 0 Å². The van der Waals surface area contributed by atoms with E-state index in [2.05, 4.69) is 224 Å². The Labute approximate surface area is 405 Å². The number of benzene rings is 10. The SMILES string of the molecule is c1ccc(-c2cc(-c3ccc(-c4cccc5c4oc4ccccc45)cc3)cc(-c3cccc(-c4ccc5c(c4)Oc4c(ccc6c4-c4ccccc4C6(c4ccccc4)c4ccccc4)O5)c3)n2)cc1. The van der Waals surface area contributed by atoms with Crippen molar-refractivity contribution in [2.45, 2.75) is 5.41 Å². The molecule has 0 spiro atoms. The van der Waals surface area contributed by atoms with Gasteiger partial charge in [0.15, 0.2) is 23.0 Å². The molecule has 0 amide bonds. The minimum absolute atomic E-state index is 0.546. The molecule has 0 radical (unpaired) electrons. The summed E-state index contributed by atoms with van der Waals surface area (Å²) < 4.78 is 20.2. The zero-order valence-corrected chi connectivity index (χ0v) is 37.8. The minimum Gasteiger partial charge on any atom is -0.455 e. The lowest BCUT2D eigenvalue weighted by molar-refractivity contribution is 0.360. The first-order valence-corrected chi connectivity index (χ1v) is 23.7. The maximum absolute atomic E-state index is 7.08. The summed E-state index contributed by atoms with van der Waals surface area (Å²) in [6.45, 7) is 0. The van der Waals surface area contributed by atoms with Crippen LogP contribution in [0, 0.1) is 0 Å². The van der Waals surface area contributed by atoms with Crippen LogP contribution in [0.25, 0.3) is 89.0 Å². The van der Waals surface area contributed by atoms with Crippen molar-refractivity contribution in [3.63, 3.8) is 0 Å². The van der Waals surface area contributed by atoms with Gasteiger partial charge in [-0.2, -0.15) is 0 Å². The monoisotopic (exact) mass is 895 g/mol. The van der Waals surface area contributed by atoms with E-state index in [-0.39, 0.29) is 0 Å². The molecule has 0 atom stereocenters. The van der Waals surface area contributed by atoms with Crippen molar-refractivity contribution in [3.05, 3.63) is 271 Å². The zero-order chi connectivity index (χ0) is 46.2. The molecule has 328 valence electrons. The molecular formula is C66H41NO3. The van der Waals surface area contributed by atoms with Crippen molar-refractivity contribution in [3.8, 4) is 90.0 Å². The van der Waals surface area contributed by atoms with Crippen LogP contribution in [-0.4, -0.2) is 4.98 Å². The van der Waals surface area contributed by atoms with Crippen molar-refractivity contribution < 1.29 is 13.9 Å². The number of aromatic nitrogens is 1. The van der Waals surface area contributed by atoms with Crippen molar-refractivity contribution >= 4 is 21.9 Å². The first kappa shape index (κ1) is 39.9. The molecule has 0 fully saturated rings. The Bertz CT molecular complexity index is 3950.